The number of hydrogen-bond acceptors (Lipinski definition) is 5. The van der Waals surface area contributed by atoms with E-state index in [0.29, 0.717) is 18.8 Å². The number of amides is 1. The van der Waals surface area contributed by atoms with Crippen LogP contribution in [0.25, 0.3) is 0 Å². The van der Waals surface area contributed by atoms with Gasteiger partial charge in [-0.15, -0.1) is 0 Å². The summed E-state index contributed by atoms with van der Waals surface area (Å²) >= 11 is 0. The average molecular weight is 322 g/mol. The van der Waals surface area contributed by atoms with Gasteiger partial charge in [-0.05, 0) is 26.3 Å². The molecule has 1 N–H and O–H groups in total. The quantitative estimate of drug-likeness (QED) is 0.852. The van der Waals surface area contributed by atoms with E-state index in [2.05, 4.69) is 4.98 Å². The SMILES string of the molecule is COCC1(C(=O)O)CCN(C(=O)c2cccc(OC(C)C)n2)C1. The fraction of sp³-hybridized carbons (Fsp3) is 0.562. The minimum absolute atomic E-state index is 0.0407. The van der Waals surface area contributed by atoms with E-state index >= 15 is 0 Å². The van der Waals surface area contributed by atoms with Crippen LogP contribution >= 0.6 is 0 Å². The molecule has 0 aliphatic carbocycles. The average Bonchev–Trinajstić information content (AvgIpc) is 2.92. The van der Waals surface area contributed by atoms with Gasteiger partial charge in [-0.2, -0.15) is 0 Å². The predicted octanol–water partition coefficient (Wildman–Crippen LogP) is 1.43. The molecular formula is C16H22N2O5. The second-order valence-corrected chi connectivity index (χ2v) is 6.02. The Hall–Kier alpha value is -2.15. The van der Waals surface area contributed by atoms with E-state index in [9.17, 15) is 14.7 Å². The summed E-state index contributed by atoms with van der Waals surface area (Å²) in [6.45, 7) is 4.32. The number of carbonyl (C=O) groups excluding carboxylic acids is 1. The second-order valence-electron chi connectivity index (χ2n) is 6.02. The van der Waals surface area contributed by atoms with Crippen molar-refractivity contribution in [3.8, 4) is 5.88 Å². The van der Waals surface area contributed by atoms with E-state index in [1.807, 2.05) is 13.8 Å². The lowest BCUT2D eigenvalue weighted by Crippen LogP contribution is -2.40. The molecule has 1 aliphatic rings. The maximum absolute atomic E-state index is 12.6. The molecule has 1 aliphatic heterocycles. The number of ether oxygens (including phenoxy) is 2. The number of hydrogen-bond donors (Lipinski definition) is 1. The minimum Gasteiger partial charge on any atom is -0.481 e. The van der Waals surface area contributed by atoms with Gasteiger partial charge in [0, 0.05) is 26.3 Å². The third kappa shape index (κ3) is 3.79. The van der Waals surface area contributed by atoms with Gasteiger partial charge in [0.05, 0.1) is 12.7 Å². The maximum Gasteiger partial charge on any atom is 0.313 e. The Morgan fingerprint density at radius 2 is 2.17 bits per heavy atom. The molecule has 7 heteroatoms. The normalized spacial score (nSPS) is 20.8. The summed E-state index contributed by atoms with van der Waals surface area (Å²) in [5, 5.41) is 9.45. The molecule has 1 atom stereocenters. The fourth-order valence-corrected chi connectivity index (χ4v) is 2.68. The molecule has 23 heavy (non-hydrogen) atoms. The molecule has 1 amide bonds. The van der Waals surface area contributed by atoms with Crippen molar-refractivity contribution in [1.82, 2.24) is 9.88 Å². The first-order chi connectivity index (χ1) is 10.9. The second kappa shape index (κ2) is 6.95. The molecule has 1 fully saturated rings. The van der Waals surface area contributed by atoms with Crippen molar-refractivity contribution < 1.29 is 24.2 Å². The third-order valence-electron chi connectivity index (χ3n) is 3.81. The zero-order valence-corrected chi connectivity index (χ0v) is 13.6. The monoisotopic (exact) mass is 322 g/mol. The zero-order valence-electron chi connectivity index (χ0n) is 13.6. The number of likely N-dealkylation sites (tertiary alicyclic amines) is 1. The zero-order chi connectivity index (χ0) is 17.0. The highest BCUT2D eigenvalue weighted by Crippen LogP contribution is 2.32. The summed E-state index contributed by atoms with van der Waals surface area (Å²) < 4.78 is 10.5. The molecule has 1 aromatic rings. The van der Waals surface area contributed by atoms with Crippen LogP contribution in [0, 0.1) is 5.41 Å². The highest BCUT2D eigenvalue weighted by Gasteiger charge is 2.46. The van der Waals surface area contributed by atoms with E-state index in [1.54, 1.807) is 18.2 Å². The van der Waals surface area contributed by atoms with Gasteiger partial charge in [0.1, 0.15) is 11.1 Å². The van der Waals surface area contributed by atoms with Crippen LogP contribution in [-0.2, 0) is 9.53 Å². The minimum atomic E-state index is -1.05. The first-order valence-electron chi connectivity index (χ1n) is 7.53. The number of pyridine rings is 1. The van der Waals surface area contributed by atoms with Crippen LogP contribution in [0.5, 0.6) is 5.88 Å². The Morgan fingerprint density at radius 1 is 1.43 bits per heavy atom. The van der Waals surface area contributed by atoms with Crippen LogP contribution in [0.2, 0.25) is 0 Å². The molecule has 0 aromatic carbocycles. The summed E-state index contributed by atoms with van der Waals surface area (Å²) in [4.78, 5) is 29.8. The van der Waals surface area contributed by atoms with Crippen molar-refractivity contribution >= 4 is 11.9 Å². The van der Waals surface area contributed by atoms with Gasteiger partial charge in [-0.3, -0.25) is 9.59 Å². The Labute approximate surface area is 135 Å². The Bertz CT molecular complexity index is 590. The lowest BCUT2D eigenvalue weighted by Gasteiger charge is -2.23. The maximum atomic E-state index is 12.6. The molecule has 0 saturated carbocycles. The molecule has 0 spiro atoms. The lowest BCUT2D eigenvalue weighted by molar-refractivity contribution is -0.151. The van der Waals surface area contributed by atoms with Crippen LogP contribution < -0.4 is 4.74 Å². The third-order valence-corrected chi connectivity index (χ3v) is 3.81. The largest absolute Gasteiger partial charge is 0.481 e. The molecule has 1 aromatic heterocycles. The van der Waals surface area contributed by atoms with E-state index in [0.717, 1.165) is 0 Å². The van der Waals surface area contributed by atoms with Crippen molar-refractivity contribution in [2.45, 2.75) is 26.4 Å². The molecule has 0 bridgehead atoms. The summed E-state index contributed by atoms with van der Waals surface area (Å²) in [6, 6.07) is 4.99. The van der Waals surface area contributed by atoms with E-state index < -0.39 is 11.4 Å². The van der Waals surface area contributed by atoms with Gasteiger partial charge in [0.15, 0.2) is 0 Å². The number of aliphatic carboxylic acids is 1. The van der Waals surface area contributed by atoms with Crippen LogP contribution in [-0.4, -0.2) is 59.8 Å². The Morgan fingerprint density at radius 3 is 2.78 bits per heavy atom. The van der Waals surface area contributed by atoms with Gasteiger partial charge in [0.2, 0.25) is 5.88 Å². The fourth-order valence-electron chi connectivity index (χ4n) is 2.68. The van der Waals surface area contributed by atoms with E-state index in [1.165, 1.54) is 12.0 Å². The van der Waals surface area contributed by atoms with Crippen molar-refractivity contribution in [3.63, 3.8) is 0 Å². The summed E-state index contributed by atoms with van der Waals surface area (Å²) in [6.07, 6.45) is 0.324. The van der Waals surface area contributed by atoms with Gasteiger partial charge >= 0.3 is 5.97 Å². The number of carbonyl (C=O) groups is 2. The van der Waals surface area contributed by atoms with Gasteiger partial charge in [-0.25, -0.2) is 4.98 Å². The number of rotatable bonds is 6. The smallest absolute Gasteiger partial charge is 0.313 e. The van der Waals surface area contributed by atoms with Crippen LogP contribution in [0.1, 0.15) is 30.8 Å². The standard InChI is InChI=1S/C16H22N2O5/c1-11(2)23-13-6-4-5-12(17-13)14(19)18-8-7-16(9-18,10-22-3)15(20)21/h4-6,11H,7-10H2,1-3H3,(H,20,21). The molecule has 1 saturated heterocycles. The first kappa shape index (κ1) is 17.2. The topological polar surface area (TPSA) is 89.0 Å². The highest BCUT2D eigenvalue weighted by molar-refractivity contribution is 5.93. The number of carboxylic acid groups (broad SMARTS) is 1. The van der Waals surface area contributed by atoms with Gasteiger partial charge < -0.3 is 19.5 Å². The summed E-state index contributed by atoms with van der Waals surface area (Å²) in [5.74, 6) is -0.857. The molecule has 2 rings (SSSR count). The molecule has 126 valence electrons. The van der Waals surface area contributed by atoms with Crippen molar-refractivity contribution in [2.75, 3.05) is 26.8 Å². The predicted molar refractivity (Wildman–Crippen MR) is 82.5 cm³/mol. The molecule has 7 nitrogen and oxygen atoms in total. The Kier molecular flexibility index (Phi) is 5.20. The van der Waals surface area contributed by atoms with Crippen LogP contribution in [0.4, 0.5) is 0 Å². The van der Waals surface area contributed by atoms with Crippen molar-refractivity contribution in [1.29, 1.82) is 0 Å². The van der Waals surface area contributed by atoms with Crippen LogP contribution in [0.3, 0.4) is 0 Å². The first-order valence-corrected chi connectivity index (χ1v) is 7.53. The highest BCUT2D eigenvalue weighted by atomic mass is 16.5. The molecule has 0 radical (unpaired) electrons. The number of carboxylic acids is 1. The number of aromatic nitrogens is 1. The lowest BCUT2D eigenvalue weighted by atomic mass is 9.88. The van der Waals surface area contributed by atoms with E-state index in [-0.39, 0.29) is 30.9 Å². The van der Waals surface area contributed by atoms with Crippen molar-refractivity contribution in [3.05, 3.63) is 23.9 Å². The number of methoxy groups -OCH3 is 1. The Balaban J connectivity index is 2.14. The summed E-state index contributed by atoms with van der Waals surface area (Å²) in [5.41, 5.74) is -0.794. The summed E-state index contributed by atoms with van der Waals surface area (Å²) in [7, 11) is 1.46. The molecular weight excluding hydrogens is 300 g/mol. The number of nitrogens with zero attached hydrogens (tertiary/aromatic N) is 2. The van der Waals surface area contributed by atoms with Gasteiger partial charge in [0.25, 0.3) is 5.91 Å². The van der Waals surface area contributed by atoms with E-state index in [4.69, 9.17) is 9.47 Å². The van der Waals surface area contributed by atoms with Gasteiger partial charge in [-0.1, -0.05) is 6.07 Å². The molecule has 2 heterocycles. The van der Waals surface area contributed by atoms with Crippen molar-refractivity contribution in [2.24, 2.45) is 5.41 Å². The molecule has 1 unspecified atom stereocenters. The van der Waals surface area contributed by atoms with Crippen LogP contribution in [0.15, 0.2) is 18.2 Å².